The topological polar surface area (TPSA) is 37.3 Å². The normalized spacial score (nSPS) is 9.89. The van der Waals surface area contributed by atoms with Crippen molar-refractivity contribution in [3.8, 4) is 0 Å². The molecule has 0 radical (unpaired) electrons. The van der Waals surface area contributed by atoms with Crippen LogP contribution < -0.4 is 0 Å². The van der Waals surface area contributed by atoms with Crippen molar-refractivity contribution in [2.24, 2.45) is 0 Å². The zero-order valence-electron chi connectivity index (χ0n) is 5.37. The lowest BCUT2D eigenvalue weighted by Gasteiger charge is -1.72. The standard InChI is InChI=1S/C6H8O2.H3P/c1-2-3-4-5-6(7)8;/h2-5H,1H3,(H,7,8);1H3/b3-2+,5-4+;. The van der Waals surface area contributed by atoms with Gasteiger partial charge in [-0.15, -0.1) is 0 Å². The summed E-state index contributed by atoms with van der Waals surface area (Å²) in [5.41, 5.74) is 0. The van der Waals surface area contributed by atoms with E-state index in [0.29, 0.717) is 0 Å². The quantitative estimate of drug-likeness (QED) is 0.361. The zero-order valence-corrected chi connectivity index (χ0v) is 6.79. The number of hydrogen-bond donors (Lipinski definition) is 1. The van der Waals surface area contributed by atoms with Gasteiger partial charge in [-0.2, -0.15) is 9.90 Å². The fourth-order valence-electron chi connectivity index (χ4n) is 0.249. The average molecular weight is 146 g/mol. The van der Waals surface area contributed by atoms with Crippen LogP contribution in [0.2, 0.25) is 0 Å². The van der Waals surface area contributed by atoms with Gasteiger partial charge in [-0.1, -0.05) is 18.2 Å². The molecule has 0 aliphatic carbocycles. The molecule has 52 valence electrons. The van der Waals surface area contributed by atoms with Crippen LogP contribution in [-0.2, 0) is 4.79 Å². The van der Waals surface area contributed by atoms with Crippen LogP contribution in [0.4, 0.5) is 0 Å². The van der Waals surface area contributed by atoms with Gasteiger partial charge >= 0.3 is 5.97 Å². The van der Waals surface area contributed by atoms with Crippen LogP contribution in [0.1, 0.15) is 6.92 Å². The summed E-state index contributed by atoms with van der Waals surface area (Å²) in [6.07, 6.45) is 5.98. The van der Waals surface area contributed by atoms with E-state index in [0.717, 1.165) is 6.08 Å². The molecule has 1 atom stereocenters. The second-order valence-electron chi connectivity index (χ2n) is 1.22. The molecule has 0 aromatic heterocycles. The van der Waals surface area contributed by atoms with Crippen LogP contribution in [0.3, 0.4) is 0 Å². The van der Waals surface area contributed by atoms with E-state index in [1.54, 1.807) is 12.2 Å². The van der Waals surface area contributed by atoms with Crippen molar-refractivity contribution in [1.82, 2.24) is 0 Å². The second kappa shape index (κ2) is 7.38. The maximum absolute atomic E-state index is 9.75. The van der Waals surface area contributed by atoms with E-state index in [4.69, 9.17) is 5.11 Å². The van der Waals surface area contributed by atoms with Crippen molar-refractivity contribution < 1.29 is 9.90 Å². The summed E-state index contributed by atoms with van der Waals surface area (Å²) >= 11 is 0. The first-order valence-electron chi connectivity index (χ1n) is 2.29. The highest BCUT2D eigenvalue weighted by Crippen LogP contribution is 1.74. The van der Waals surface area contributed by atoms with Gasteiger partial charge in [0, 0.05) is 6.08 Å². The molecule has 0 heterocycles. The molecule has 0 saturated carbocycles. The van der Waals surface area contributed by atoms with Gasteiger partial charge in [0.25, 0.3) is 0 Å². The summed E-state index contributed by atoms with van der Waals surface area (Å²) in [5, 5.41) is 8.02. The molecule has 0 fully saturated rings. The van der Waals surface area contributed by atoms with Crippen LogP contribution >= 0.6 is 9.90 Å². The first kappa shape index (κ1) is 11.2. The zero-order chi connectivity index (χ0) is 6.41. The Hall–Kier alpha value is -0.620. The van der Waals surface area contributed by atoms with E-state index in [9.17, 15) is 4.79 Å². The third-order valence-electron chi connectivity index (χ3n) is 0.542. The van der Waals surface area contributed by atoms with Crippen molar-refractivity contribution in [2.45, 2.75) is 6.92 Å². The first-order valence-corrected chi connectivity index (χ1v) is 2.29. The van der Waals surface area contributed by atoms with Gasteiger partial charge in [-0.05, 0) is 6.92 Å². The number of carboxylic acids is 1. The summed E-state index contributed by atoms with van der Waals surface area (Å²) < 4.78 is 0. The number of hydrogen-bond acceptors (Lipinski definition) is 1. The highest BCUT2D eigenvalue weighted by molar-refractivity contribution is 6.92. The third kappa shape index (κ3) is 11.1. The van der Waals surface area contributed by atoms with E-state index < -0.39 is 5.97 Å². The molecular weight excluding hydrogens is 135 g/mol. The van der Waals surface area contributed by atoms with E-state index in [-0.39, 0.29) is 9.90 Å². The van der Waals surface area contributed by atoms with Gasteiger partial charge in [-0.25, -0.2) is 4.79 Å². The Balaban J connectivity index is 0. The molecule has 0 spiro atoms. The van der Waals surface area contributed by atoms with E-state index in [1.165, 1.54) is 6.08 Å². The lowest BCUT2D eigenvalue weighted by atomic mass is 10.4. The summed E-state index contributed by atoms with van der Waals surface area (Å²) in [7, 11) is 0. The molecule has 3 heteroatoms. The van der Waals surface area contributed by atoms with Gasteiger partial charge in [0.2, 0.25) is 0 Å². The van der Waals surface area contributed by atoms with Crippen LogP contribution in [-0.4, -0.2) is 11.1 Å². The lowest BCUT2D eigenvalue weighted by Crippen LogP contribution is -1.83. The molecule has 0 bridgehead atoms. The number of carbonyl (C=O) groups is 1. The Kier molecular flexibility index (Phi) is 9.19. The lowest BCUT2D eigenvalue weighted by molar-refractivity contribution is -0.131. The summed E-state index contributed by atoms with van der Waals surface area (Å²) in [6.45, 7) is 1.83. The molecule has 0 aliphatic rings. The largest absolute Gasteiger partial charge is 0.478 e. The van der Waals surface area contributed by atoms with Gasteiger partial charge in [0.15, 0.2) is 0 Å². The van der Waals surface area contributed by atoms with Crippen molar-refractivity contribution in [1.29, 1.82) is 0 Å². The van der Waals surface area contributed by atoms with Crippen LogP contribution in [0.15, 0.2) is 24.3 Å². The number of carboxylic acid groups (broad SMARTS) is 1. The minimum Gasteiger partial charge on any atom is -0.478 e. The number of allylic oxidation sites excluding steroid dienone is 3. The maximum atomic E-state index is 9.75. The Morgan fingerprint density at radius 1 is 1.44 bits per heavy atom. The predicted molar refractivity (Wildman–Crippen MR) is 42.7 cm³/mol. The minimum absolute atomic E-state index is 0. The Labute approximate surface area is 57.9 Å². The molecule has 2 nitrogen and oxygen atoms in total. The van der Waals surface area contributed by atoms with Crippen LogP contribution in [0.5, 0.6) is 0 Å². The Morgan fingerprint density at radius 2 is 2.00 bits per heavy atom. The maximum Gasteiger partial charge on any atom is 0.328 e. The van der Waals surface area contributed by atoms with Crippen molar-refractivity contribution in [3.63, 3.8) is 0 Å². The Bertz CT molecular complexity index is 127. The highest BCUT2D eigenvalue weighted by atomic mass is 31.0. The summed E-state index contributed by atoms with van der Waals surface area (Å²) in [6, 6.07) is 0. The molecule has 9 heavy (non-hydrogen) atoms. The number of rotatable bonds is 2. The van der Waals surface area contributed by atoms with Gasteiger partial charge in [0.05, 0.1) is 0 Å². The van der Waals surface area contributed by atoms with Crippen molar-refractivity contribution in [2.75, 3.05) is 0 Å². The van der Waals surface area contributed by atoms with E-state index in [1.807, 2.05) is 6.92 Å². The third-order valence-corrected chi connectivity index (χ3v) is 0.542. The predicted octanol–water partition coefficient (Wildman–Crippen LogP) is 1.26. The molecule has 0 rings (SSSR count). The minimum atomic E-state index is -0.914. The second-order valence-corrected chi connectivity index (χ2v) is 1.22. The molecule has 0 saturated heterocycles. The van der Waals surface area contributed by atoms with Gasteiger partial charge < -0.3 is 5.11 Å². The van der Waals surface area contributed by atoms with Crippen LogP contribution in [0, 0.1) is 0 Å². The molecule has 1 unspecified atom stereocenters. The summed E-state index contributed by atoms with van der Waals surface area (Å²) in [5.74, 6) is -0.914. The smallest absolute Gasteiger partial charge is 0.328 e. The van der Waals surface area contributed by atoms with Crippen molar-refractivity contribution in [3.05, 3.63) is 24.3 Å². The Morgan fingerprint density at radius 3 is 2.33 bits per heavy atom. The fraction of sp³-hybridized carbons (Fsp3) is 0.167. The van der Waals surface area contributed by atoms with E-state index >= 15 is 0 Å². The molecule has 0 amide bonds. The number of aliphatic carboxylic acids is 1. The van der Waals surface area contributed by atoms with Crippen LogP contribution in [0.25, 0.3) is 0 Å². The van der Waals surface area contributed by atoms with Gasteiger partial charge in [0.1, 0.15) is 0 Å². The molecule has 0 aliphatic heterocycles. The molecular formula is C6H11O2P. The van der Waals surface area contributed by atoms with E-state index in [2.05, 4.69) is 0 Å². The summed E-state index contributed by atoms with van der Waals surface area (Å²) in [4.78, 5) is 9.75. The molecule has 1 N–H and O–H groups in total. The highest BCUT2D eigenvalue weighted by Gasteiger charge is 1.78. The molecule has 0 aromatic carbocycles. The fourth-order valence-corrected chi connectivity index (χ4v) is 0.249. The average Bonchev–Trinajstić information content (AvgIpc) is 1.66. The SMILES string of the molecule is C/C=C/C=C/C(=O)O.P. The monoisotopic (exact) mass is 146 g/mol. The van der Waals surface area contributed by atoms with Crippen molar-refractivity contribution >= 4 is 15.9 Å². The molecule has 0 aromatic rings. The van der Waals surface area contributed by atoms with Gasteiger partial charge in [-0.3, -0.25) is 0 Å². The first-order chi connectivity index (χ1) is 3.77.